The Bertz CT molecular complexity index is 390. The molecule has 1 spiro atoms. The predicted octanol–water partition coefficient (Wildman–Crippen LogP) is 1.36. The van der Waals surface area contributed by atoms with Gasteiger partial charge in [0, 0.05) is 25.4 Å². The van der Waals surface area contributed by atoms with Crippen molar-refractivity contribution in [1.29, 1.82) is 0 Å². The van der Waals surface area contributed by atoms with E-state index in [4.69, 9.17) is 4.74 Å². The van der Waals surface area contributed by atoms with Crippen LogP contribution >= 0.6 is 0 Å². The highest BCUT2D eigenvalue weighted by Crippen LogP contribution is 2.43. The van der Waals surface area contributed by atoms with Crippen molar-refractivity contribution in [2.75, 3.05) is 26.7 Å². The van der Waals surface area contributed by atoms with Gasteiger partial charge < -0.3 is 9.64 Å². The Morgan fingerprint density at radius 3 is 2.71 bits per heavy atom. The van der Waals surface area contributed by atoms with Crippen molar-refractivity contribution < 1.29 is 9.53 Å². The van der Waals surface area contributed by atoms with Crippen LogP contribution in [0.15, 0.2) is 0 Å². The van der Waals surface area contributed by atoms with E-state index in [-0.39, 0.29) is 17.3 Å². The summed E-state index contributed by atoms with van der Waals surface area (Å²) in [5.74, 6) is 3.51. The molecule has 4 heteroatoms. The van der Waals surface area contributed by atoms with Crippen LogP contribution in [-0.2, 0) is 9.53 Å². The van der Waals surface area contributed by atoms with Crippen LogP contribution in [0.1, 0.15) is 6.42 Å². The minimum absolute atomic E-state index is 0.0308. The smallest absolute Gasteiger partial charge is 0.314 e. The molecule has 0 bridgehead atoms. The minimum atomic E-state index is -1.37. The molecule has 0 aromatic heterocycles. The molecule has 2 aliphatic heterocycles. The summed E-state index contributed by atoms with van der Waals surface area (Å²) in [7, 11) is 0.691. The van der Waals surface area contributed by atoms with Crippen molar-refractivity contribution in [2.45, 2.75) is 26.1 Å². The van der Waals surface area contributed by atoms with E-state index in [1.165, 1.54) is 0 Å². The Morgan fingerprint density at radius 1 is 1.47 bits per heavy atom. The molecule has 3 nitrogen and oxygen atoms in total. The molecule has 0 unspecified atom stereocenters. The molecule has 2 heterocycles. The van der Waals surface area contributed by atoms with E-state index in [1.54, 1.807) is 0 Å². The first-order chi connectivity index (χ1) is 7.83. The molecule has 2 atom stereocenters. The second-order valence-corrected chi connectivity index (χ2v) is 11.1. The molecular weight excluding hydrogens is 230 g/mol. The highest BCUT2D eigenvalue weighted by Gasteiger charge is 2.54. The SMILES string of the molecule is CN1C[C@@H](C#C[Si](C)(C)C)[C@@]2(CCOC2=O)C1. The molecule has 0 amide bonds. The first-order valence-corrected chi connectivity index (χ1v) is 9.72. The number of hydrogen-bond donors (Lipinski definition) is 0. The van der Waals surface area contributed by atoms with Crippen LogP contribution in [0, 0.1) is 22.8 Å². The molecule has 2 aliphatic rings. The molecule has 0 aromatic carbocycles. The van der Waals surface area contributed by atoms with E-state index >= 15 is 0 Å². The maximum atomic E-state index is 12.0. The summed E-state index contributed by atoms with van der Waals surface area (Å²) < 4.78 is 5.18. The first-order valence-electron chi connectivity index (χ1n) is 6.22. The van der Waals surface area contributed by atoms with Gasteiger partial charge in [0.15, 0.2) is 0 Å². The van der Waals surface area contributed by atoms with Crippen LogP contribution in [0.5, 0.6) is 0 Å². The third-order valence-electron chi connectivity index (χ3n) is 3.52. The topological polar surface area (TPSA) is 29.5 Å². The molecule has 94 valence electrons. The van der Waals surface area contributed by atoms with Crippen molar-refractivity contribution in [2.24, 2.45) is 11.3 Å². The van der Waals surface area contributed by atoms with Crippen LogP contribution < -0.4 is 0 Å². The Labute approximate surface area is 105 Å². The van der Waals surface area contributed by atoms with Crippen molar-refractivity contribution >= 4 is 14.0 Å². The van der Waals surface area contributed by atoms with Gasteiger partial charge in [-0.3, -0.25) is 4.79 Å². The zero-order valence-electron chi connectivity index (χ0n) is 11.2. The van der Waals surface area contributed by atoms with Gasteiger partial charge in [0.05, 0.1) is 12.0 Å². The molecule has 0 aliphatic carbocycles. The van der Waals surface area contributed by atoms with E-state index in [0.717, 1.165) is 19.5 Å². The number of hydrogen-bond acceptors (Lipinski definition) is 3. The molecular formula is C13H21NO2Si. The molecule has 0 aromatic rings. The summed E-state index contributed by atoms with van der Waals surface area (Å²) in [5, 5.41) is 0. The number of ether oxygens (including phenoxy) is 1. The fourth-order valence-electron chi connectivity index (χ4n) is 2.66. The minimum Gasteiger partial charge on any atom is -0.465 e. The first kappa shape index (κ1) is 12.7. The van der Waals surface area contributed by atoms with Crippen molar-refractivity contribution in [1.82, 2.24) is 4.90 Å². The lowest BCUT2D eigenvalue weighted by Gasteiger charge is -2.21. The fourth-order valence-corrected chi connectivity index (χ4v) is 3.27. The van der Waals surface area contributed by atoms with E-state index in [2.05, 4.69) is 43.1 Å². The second-order valence-electron chi connectivity index (χ2n) is 6.31. The lowest BCUT2D eigenvalue weighted by Crippen LogP contribution is -2.34. The van der Waals surface area contributed by atoms with Gasteiger partial charge >= 0.3 is 5.97 Å². The van der Waals surface area contributed by atoms with Gasteiger partial charge in [0.1, 0.15) is 8.07 Å². The lowest BCUT2D eigenvalue weighted by molar-refractivity contribution is -0.146. The fraction of sp³-hybridized carbons (Fsp3) is 0.769. The summed E-state index contributed by atoms with van der Waals surface area (Å²) in [6.07, 6.45) is 0.835. The van der Waals surface area contributed by atoms with Crippen molar-refractivity contribution in [3.8, 4) is 11.5 Å². The van der Waals surface area contributed by atoms with Gasteiger partial charge in [-0.15, -0.1) is 11.5 Å². The van der Waals surface area contributed by atoms with E-state index in [1.807, 2.05) is 0 Å². The van der Waals surface area contributed by atoms with Crippen LogP contribution in [-0.4, -0.2) is 45.7 Å². The Balaban J connectivity index is 2.25. The molecule has 2 fully saturated rings. The highest BCUT2D eigenvalue weighted by atomic mass is 28.3. The summed E-state index contributed by atoms with van der Waals surface area (Å²) in [4.78, 5) is 14.2. The Hall–Kier alpha value is -0.793. The highest BCUT2D eigenvalue weighted by molar-refractivity contribution is 6.83. The van der Waals surface area contributed by atoms with Crippen LogP contribution in [0.25, 0.3) is 0 Å². The summed E-state index contributed by atoms with van der Waals surface area (Å²) >= 11 is 0. The zero-order valence-corrected chi connectivity index (χ0v) is 12.2. The molecule has 0 N–H and O–H groups in total. The van der Waals surface area contributed by atoms with Gasteiger partial charge in [-0.05, 0) is 7.05 Å². The quantitative estimate of drug-likeness (QED) is 0.370. The van der Waals surface area contributed by atoms with Crippen LogP contribution in [0.3, 0.4) is 0 Å². The molecule has 0 radical (unpaired) electrons. The number of rotatable bonds is 0. The number of likely N-dealkylation sites (tertiary alicyclic amines) is 1. The predicted molar refractivity (Wildman–Crippen MR) is 70.1 cm³/mol. The summed E-state index contributed by atoms with van der Waals surface area (Å²) in [6, 6.07) is 0. The number of esters is 1. The number of cyclic esters (lactones) is 1. The lowest BCUT2D eigenvalue weighted by atomic mass is 9.77. The number of carbonyl (C=O) groups excluding carboxylic acids is 1. The van der Waals surface area contributed by atoms with Gasteiger partial charge in [-0.1, -0.05) is 19.6 Å². The largest absolute Gasteiger partial charge is 0.465 e. The number of nitrogens with zero attached hydrogens (tertiary/aromatic N) is 1. The third-order valence-corrected chi connectivity index (χ3v) is 4.42. The van der Waals surface area contributed by atoms with Gasteiger partial charge in [0.25, 0.3) is 0 Å². The standard InChI is InChI=1S/C13H21NO2Si/c1-14-9-11(5-8-17(2,3)4)13(10-14)6-7-16-12(13)15/h11H,6-7,9-10H2,1-4H3/t11-,13-/m1/s1. The molecule has 0 saturated carbocycles. The van der Waals surface area contributed by atoms with Crippen LogP contribution in [0.4, 0.5) is 0 Å². The molecule has 2 saturated heterocycles. The van der Waals surface area contributed by atoms with Crippen LogP contribution in [0.2, 0.25) is 19.6 Å². The van der Waals surface area contributed by atoms with Gasteiger partial charge in [-0.25, -0.2) is 0 Å². The van der Waals surface area contributed by atoms with E-state index in [0.29, 0.717) is 6.61 Å². The Kier molecular flexibility index (Phi) is 3.09. The normalized spacial score (nSPS) is 33.6. The maximum Gasteiger partial charge on any atom is 0.314 e. The van der Waals surface area contributed by atoms with E-state index < -0.39 is 8.07 Å². The molecule has 2 rings (SSSR count). The van der Waals surface area contributed by atoms with Gasteiger partial charge in [0.2, 0.25) is 0 Å². The summed E-state index contributed by atoms with van der Waals surface area (Å²) in [5.41, 5.74) is 3.08. The van der Waals surface area contributed by atoms with Crippen molar-refractivity contribution in [3.05, 3.63) is 0 Å². The van der Waals surface area contributed by atoms with Crippen molar-refractivity contribution in [3.63, 3.8) is 0 Å². The summed E-state index contributed by atoms with van der Waals surface area (Å²) in [6.45, 7) is 8.97. The molecule has 17 heavy (non-hydrogen) atoms. The monoisotopic (exact) mass is 251 g/mol. The third kappa shape index (κ3) is 2.41. The second kappa shape index (κ2) is 4.15. The average Bonchev–Trinajstić information content (AvgIpc) is 2.69. The number of carbonyl (C=O) groups is 1. The van der Waals surface area contributed by atoms with E-state index in [9.17, 15) is 4.79 Å². The maximum absolute atomic E-state index is 12.0. The zero-order chi connectivity index (χ0) is 12.7. The Morgan fingerprint density at radius 2 is 2.18 bits per heavy atom. The average molecular weight is 251 g/mol. The van der Waals surface area contributed by atoms with Gasteiger partial charge in [-0.2, -0.15) is 0 Å².